The molecule has 0 aliphatic carbocycles. The van der Waals surface area contributed by atoms with Gasteiger partial charge in [-0.05, 0) is 12.1 Å². The maximum Gasteiger partial charge on any atom is 0.235 e. The normalized spacial score (nSPS) is 10.4. The van der Waals surface area contributed by atoms with Gasteiger partial charge in [-0.2, -0.15) is 5.26 Å². The van der Waals surface area contributed by atoms with Gasteiger partial charge < -0.3 is 0 Å². The number of benzene rings is 1. The first kappa shape index (κ1) is 12.8. The van der Waals surface area contributed by atoms with Gasteiger partial charge >= 0.3 is 0 Å². The third kappa shape index (κ3) is 2.54. The van der Waals surface area contributed by atoms with Gasteiger partial charge in [-0.1, -0.05) is 23.7 Å². The fourth-order valence-corrected chi connectivity index (χ4v) is 2.68. The van der Waals surface area contributed by atoms with Crippen LogP contribution in [0, 0.1) is 11.3 Å². The van der Waals surface area contributed by atoms with E-state index in [2.05, 4.69) is 15.2 Å². The second kappa shape index (κ2) is 5.41. The Labute approximate surface area is 124 Å². The van der Waals surface area contributed by atoms with Crippen molar-refractivity contribution >= 4 is 22.9 Å². The Bertz CT molecular complexity index is 769. The van der Waals surface area contributed by atoms with Crippen LogP contribution in [0.4, 0.5) is 0 Å². The van der Waals surface area contributed by atoms with Crippen LogP contribution in [-0.2, 0) is 6.54 Å². The molecule has 1 aromatic carbocycles. The standard InChI is InChI=1S/C13H8ClN5S/c14-10-3-1-9(2-4-10)13-17-11(7-20-13)6-19-8-16-18-12(19)5-15/h1-4,7-8H,6H2. The molecule has 0 N–H and O–H groups in total. The summed E-state index contributed by atoms with van der Waals surface area (Å²) in [6.07, 6.45) is 1.53. The highest BCUT2D eigenvalue weighted by Crippen LogP contribution is 2.25. The fourth-order valence-electron chi connectivity index (χ4n) is 1.74. The van der Waals surface area contributed by atoms with Crippen molar-refractivity contribution in [2.45, 2.75) is 6.54 Å². The highest BCUT2D eigenvalue weighted by atomic mass is 35.5. The van der Waals surface area contributed by atoms with Crippen molar-refractivity contribution in [3.63, 3.8) is 0 Å². The molecule has 98 valence electrons. The van der Waals surface area contributed by atoms with E-state index in [9.17, 15) is 0 Å². The van der Waals surface area contributed by atoms with Crippen molar-refractivity contribution in [1.29, 1.82) is 5.26 Å². The minimum absolute atomic E-state index is 0.283. The van der Waals surface area contributed by atoms with Crippen LogP contribution >= 0.6 is 22.9 Å². The van der Waals surface area contributed by atoms with E-state index in [-0.39, 0.29) is 5.82 Å². The van der Waals surface area contributed by atoms with Crippen LogP contribution in [0.2, 0.25) is 5.02 Å². The van der Waals surface area contributed by atoms with E-state index in [1.807, 2.05) is 35.7 Å². The van der Waals surface area contributed by atoms with Gasteiger partial charge in [-0.3, -0.25) is 4.57 Å². The molecular formula is C13H8ClN5S. The maximum absolute atomic E-state index is 8.89. The minimum Gasteiger partial charge on any atom is -0.299 e. The van der Waals surface area contributed by atoms with Gasteiger partial charge in [-0.15, -0.1) is 21.5 Å². The molecule has 3 aromatic rings. The van der Waals surface area contributed by atoms with Gasteiger partial charge in [0.15, 0.2) is 0 Å². The summed E-state index contributed by atoms with van der Waals surface area (Å²) in [6, 6.07) is 9.54. The topological polar surface area (TPSA) is 67.4 Å². The Morgan fingerprint density at radius 1 is 1.30 bits per heavy atom. The van der Waals surface area contributed by atoms with E-state index < -0.39 is 0 Å². The van der Waals surface area contributed by atoms with E-state index in [1.54, 1.807) is 15.9 Å². The Balaban J connectivity index is 1.84. The quantitative estimate of drug-likeness (QED) is 0.746. The molecule has 5 nitrogen and oxygen atoms in total. The molecule has 0 aliphatic rings. The number of halogens is 1. The zero-order valence-corrected chi connectivity index (χ0v) is 11.8. The molecule has 0 atom stereocenters. The molecular weight excluding hydrogens is 294 g/mol. The van der Waals surface area contributed by atoms with E-state index >= 15 is 0 Å². The molecule has 0 amide bonds. The highest BCUT2D eigenvalue weighted by Gasteiger charge is 2.08. The molecule has 0 saturated heterocycles. The van der Waals surface area contributed by atoms with Gasteiger partial charge in [0.2, 0.25) is 5.82 Å². The Hall–Kier alpha value is -2.23. The number of hydrogen-bond acceptors (Lipinski definition) is 5. The average molecular weight is 302 g/mol. The third-order valence-corrected chi connectivity index (χ3v) is 3.88. The molecule has 20 heavy (non-hydrogen) atoms. The van der Waals surface area contributed by atoms with Crippen LogP contribution in [0.3, 0.4) is 0 Å². The van der Waals surface area contributed by atoms with E-state index in [1.165, 1.54) is 6.33 Å². The monoisotopic (exact) mass is 301 g/mol. The number of aromatic nitrogens is 4. The van der Waals surface area contributed by atoms with Crippen LogP contribution in [0.25, 0.3) is 10.6 Å². The zero-order valence-electron chi connectivity index (χ0n) is 10.2. The average Bonchev–Trinajstić information content (AvgIpc) is 3.09. The molecule has 0 unspecified atom stereocenters. The number of nitriles is 1. The maximum atomic E-state index is 8.89. The predicted molar refractivity (Wildman–Crippen MR) is 76.4 cm³/mol. The number of hydrogen-bond donors (Lipinski definition) is 0. The summed E-state index contributed by atoms with van der Waals surface area (Å²) in [5.74, 6) is 0.283. The van der Waals surface area contributed by atoms with Crippen molar-refractivity contribution in [1.82, 2.24) is 19.7 Å². The molecule has 0 spiro atoms. The molecule has 0 radical (unpaired) electrons. The zero-order chi connectivity index (χ0) is 13.9. The van der Waals surface area contributed by atoms with Gasteiger partial charge in [-0.25, -0.2) is 4.98 Å². The van der Waals surface area contributed by atoms with Gasteiger partial charge in [0.05, 0.1) is 12.2 Å². The van der Waals surface area contributed by atoms with E-state index in [0.717, 1.165) is 16.3 Å². The summed E-state index contributed by atoms with van der Waals surface area (Å²) in [4.78, 5) is 4.55. The Morgan fingerprint density at radius 3 is 2.85 bits per heavy atom. The summed E-state index contributed by atoms with van der Waals surface area (Å²) in [7, 11) is 0. The molecule has 0 saturated carbocycles. The highest BCUT2D eigenvalue weighted by molar-refractivity contribution is 7.13. The fraction of sp³-hybridized carbons (Fsp3) is 0.0769. The molecule has 0 fully saturated rings. The first-order valence-electron chi connectivity index (χ1n) is 5.74. The van der Waals surface area contributed by atoms with Crippen molar-refractivity contribution < 1.29 is 0 Å². The Morgan fingerprint density at radius 2 is 2.10 bits per heavy atom. The molecule has 0 bridgehead atoms. The molecule has 0 aliphatic heterocycles. The lowest BCUT2D eigenvalue weighted by Crippen LogP contribution is -2.01. The van der Waals surface area contributed by atoms with Crippen LogP contribution in [-0.4, -0.2) is 19.7 Å². The summed E-state index contributed by atoms with van der Waals surface area (Å²) in [6.45, 7) is 0.486. The summed E-state index contributed by atoms with van der Waals surface area (Å²) >= 11 is 7.42. The number of nitrogens with zero attached hydrogens (tertiary/aromatic N) is 5. The van der Waals surface area contributed by atoms with E-state index in [4.69, 9.17) is 16.9 Å². The number of thiazole rings is 1. The first-order chi connectivity index (χ1) is 9.76. The second-order valence-corrected chi connectivity index (χ2v) is 5.34. The van der Waals surface area contributed by atoms with E-state index in [0.29, 0.717) is 11.6 Å². The van der Waals surface area contributed by atoms with Crippen LogP contribution in [0.1, 0.15) is 11.5 Å². The van der Waals surface area contributed by atoms with Crippen molar-refractivity contribution in [3.05, 3.63) is 52.5 Å². The van der Waals surface area contributed by atoms with Crippen LogP contribution in [0.15, 0.2) is 36.0 Å². The van der Waals surface area contributed by atoms with Crippen molar-refractivity contribution in [2.24, 2.45) is 0 Å². The third-order valence-electron chi connectivity index (χ3n) is 2.69. The predicted octanol–water partition coefficient (Wildman–Crippen LogP) is 2.97. The van der Waals surface area contributed by atoms with Gasteiger partial charge in [0.1, 0.15) is 17.4 Å². The van der Waals surface area contributed by atoms with Gasteiger partial charge in [0, 0.05) is 16.0 Å². The molecule has 2 heterocycles. The lowest BCUT2D eigenvalue weighted by atomic mass is 10.2. The SMILES string of the molecule is N#Cc1nncn1Cc1csc(-c2ccc(Cl)cc2)n1. The molecule has 3 rings (SSSR count). The summed E-state index contributed by atoms with van der Waals surface area (Å²) in [5.41, 5.74) is 1.89. The first-order valence-corrected chi connectivity index (χ1v) is 7.00. The minimum atomic E-state index is 0.283. The van der Waals surface area contributed by atoms with Crippen LogP contribution < -0.4 is 0 Å². The summed E-state index contributed by atoms with van der Waals surface area (Å²) < 4.78 is 1.67. The lowest BCUT2D eigenvalue weighted by Gasteiger charge is -1.98. The smallest absolute Gasteiger partial charge is 0.235 e. The van der Waals surface area contributed by atoms with Crippen LogP contribution in [0.5, 0.6) is 0 Å². The van der Waals surface area contributed by atoms with Crippen molar-refractivity contribution in [2.75, 3.05) is 0 Å². The van der Waals surface area contributed by atoms with Crippen molar-refractivity contribution in [3.8, 4) is 16.6 Å². The second-order valence-electron chi connectivity index (χ2n) is 4.05. The molecule has 7 heteroatoms. The summed E-state index contributed by atoms with van der Waals surface area (Å²) in [5, 5.41) is 19.9. The largest absolute Gasteiger partial charge is 0.299 e. The van der Waals surface area contributed by atoms with Gasteiger partial charge in [0.25, 0.3) is 0 Å². The Kier molecular flexibility index (Phi) is 3.46. The number of rotatable bonds is 3. The molecule has 2 aromatic heterocycles. The lowest BCUT2D eigenvalue weighted by molar-refractivity contribution is 0.764.